The van der Waals surface area contributed by atoms with Crippen LogP contribution in [0.5, 0.6) is 0 Å². The molecule has 0 saturated heterocycles. The van der Waals surface area contributed by atoms with Gasteiger partial charge in [0.1, 0.15) is 4.21 Å². The van der Waals surface area contributed by atoms with Crippen molar-refractivity contribution in [2.24, 2.45) is 0 Å². The Hall–Kier alpha value is -0.100. The zero-order valence-corrected chi connectivity index (χ0v) is 12.1. The van der Waals surface area contributed by atoms with Gasteiger partial charge in [-0.25, -0.2) is 8.42 Å². The monoisotopic (exact) mass is 293 g/mol. The molecule has 6 heteroatoms. The van der Waals surface area contributed by atoms with Crippen molar-refractivity contribution in [3.63, 3.8) is 0 Å². The molecule has 2 unspecified atom stereocenters. The lowest BCUT2D eigenvalue weighted by molar-refractivity contribution is 0.291. The molecule has 1 heterocycles. The minimum Gasteiger partial charge on any atom is -0.206 e. The Bertz CT molecular complexity index is 458. The Labute approximate surface area is 111 Å². The van der Waals surface area contributed by atoms with Crippen molar-refractivity contribution in [1.82, 2.24) is 4.31 Å². The highest BCUT2D eigenvalue weighted by Crippen LogP contribution is 2.30. The predicted molar refractivity (Wildman–Crippen MR) is 71.2 cm³/mol. The van der Waals surface area contributed by atoms with E-state index in [0.29, 0.717) is 4.21 Å². The predicted octanol–water partition coefficient (Wildman–Crippen LogP) is 2.92. The molecule has 3 nitrogen and oxygen atoms in total. The SMILES string of the molecule is CN(C1CCCCC1Cl)S(=O)(=O)c1cccs1. The molecule has 0 bridgehead atoms. The van der Waals surface area contributed by atoms with E-state index in [1.54, 1.807) is 24.6 Å². The quantitative estimate of drug-likeness (QED) is 0.804. The van der Waals surface area contributed by atoms with Crippen LogP contribution in [0.4, 0.5) is 0 Å². The highest BCUT2D eigenvalue weighted by molar-refractivity contribution is 7.91. The average molecular weight is 294 g/mol. The van der Waals surface area contributed by atoms with Crippen LogP contribution < -0.4 is 0 Å². The molecule has 0 spiro atoms. The second kappa shape index (κ2) is 5.26. The number of thiophene rings is 1. The lowest BCUT2D eigenvalue weighted by Gasteiger charge is -2.33. The van der Waals surface area contributed by atoms with E-state index >= 15 is 0 Å². The molecular weight excluding hydrogens is 278 g/mol. The standard InChI is InChI=1S/C11H16ClNO2S2/c1-13(10-6-3-2-5-9(10)12)17(14,15)11-7-4-8-16-11/h4,7-10H,2-3,5-6H2,1H3. The van der Waals surface area contributed by atoms with Gasteiger partial charge in [0.05, 0.1) is 5.38 Å². The van der Waals surface area contributed by atoms with Gasteiger partial charge in [0, 0.05) is 13.1 Å². The third kappa shape index (κ3) is 2.67. The molecule has 17 heavy (non-hydrogen) atoms. The van der Waals surface area contributed by atoms with E-state index in [2.05, 4.69) is 0 Å². The van der Waals surface area contributed by atoms with Crippen LogP contribution in [0.2, 0.25) is 0 Å². The molecule has 2 rings (SSSR count). The third-order valence-corrected chi connectivity index (χ3v) is 7.01. The first-order chi connectivity index (χ1) is 8.03. The fourth-order valence-corrected chi connectivity index (χ4v) is 5.32. The summed E-state index contributed by atoms with van der Waals surface area (Å²) in [5.41, 5.74) is 0. The van der Waals surface area contributed by atoms with Gasteiger partial charge in [-0.2, -0.15) is 4.31 Å². The molecule has 1 saturated carbocycles. The summed E-state index contributed by atoms with van der Waals surface area (Å²) in [6.45, 7) is 0. The second-order valence-electron chi connectivity index (χ2n) is 4.32. The van der Waals surface area contributed by atoms with Crippen molar-refractivity contribution < 1.29 is 8.42 Å². The summed E-state index contributed by atoms with van der Waals surface area (Å²) in [4.78, 5) is 0. The van der Waals surface area contributed by atoms with Crippen LogP contribution >= 0.6 is 22.9 Å². The molecule has 1 aliphatic rings. The Kier molecular flexibility index (Phi) is 4.13. The average Bonchev–Trinajstić information content (AvgIpc) is 2.83. The molecule has 1 aromatic heterocycles. The number of alkyl halides is 1. The van der Waals surface area contributed by atoms with E-state index in [1.165, 1.54) is 15.6 Å². The lowest BCUT2D eigenvalue weighted by Crippen LogP contribution is -2.43. The highest BCUT2D eigenvalue weighted by atomic mass is 35.5. The van der Waals surface area contributed by atoms with Gasteiger partial charge in [-0.3, -0.25) is 0 Å². The fourth-order valence-electron chi connectivity index (χ4n) is 2.21. The summed E-state index contributed by atoms with van der Waals surface area (Å²) >= 11 is 7.49. The molecule has 0 aromatic carbocycles. The van der Waals surface area contributed by atoms with E-state index in [4.69, 9.17) is 11.6 Å². The molecule has 2 atom stereocenters. The van der Waals surface area contributed by atoms with Crippen LogP contribution in [-0.4, -0.2) is 31.2 Å². The molecule has 1 aromatic rings. The first-order valence-corrected chi connectivity index (χ1v) is 8.44. The van der Waals surface area contributed by atoms with Gasteiger partial charge in [0.2, 0.25) is 0 Å². The van der Waals surface area contributed by atoms with Gasteiger partial charge < -0.3 is 0 Å². The van der Waals surface area contributed by atoms with E-state index in [1.807, 2.05) is 0 Å². The number of nitrogens with zero attached hydrogens (tertiary/aromatic N) is 1. The van der Waals surface area contributed by atoms with Gasteiger partial charge in [-0.1, -0.05) is 18.9 Å². The maximum Gasteiger partial charge on any atom is 0.252 e. The largest absolute Gasteiger partial charge is 0.252 e. The topological polar surface area (TPSA) is 37.4 Å². The van der Waals surface area contributed by atoms with Crippen LogP contribution in [-0.2, 0) is 10.0 Å². The van der Waals surface area contributed by atoms with Crippen molar-refractivity contribution >= 4 is 33.0 Å². The van der Waals surface area contributed by atoms with E-state index in [9.17, 15) is 8.42 Å². The zero-order chi connectivity index (χ0) is 12.5. The van der Waals surface area contributed by atoms with E-state index in [-0.39, 0.29) is 11.4 Å². The van der Waals surface area contributed by atoms with Gasteiger partial charge in [-0.05, 0) is 24.3 Å². The summed E-state index contributed by atoms with van der Waals surface area (Å²) in [5, 5.41) is 1.71. The van der Waals surface area contributed by atoms with Crippen LogP contribution in [0.3, 0.4) is 0 Å². The van der Waals surface area contributed by atoms with Gasteiger partial charge in [0.15, 0.2) is 0 Å². The van der Waals surface area contributed by atoms with Crippen LogP contribution in [0.25, 0.3) is 0 Å². The van der Waals surface area contributed by atoms with E-state index in [0.717, 1.165) is 25.7 Å². The zero-order valence-electron chi connectivity index (χ0n) is 9.67. The van der Waals surface area contributed by atoms with Crippen LogP contribution in [0.1, 0.15) is 25.7 Å². The van der Waals surface area contributed by atoms with Crippen molar-refractivity contribution in [1.29, 1.82) is 0 Å². The summed E-state index contributed by atoms with van der Waals surface area (Å²) in [6, 6.07) is 3.32. The molecule has 1 aliphatic carbocycles. The first-order valence-electron chi connectivity index (χ1n) is 5.69. The van der Waals surface area contributed by atoms with Gasteiger partial charge in [-0.15, -0.1) is 22.9 Å². The Morgan fingerprint density at radius 1 is 1.41 bits per heavy atom. The lowest BCUT2D eigenvalue weighted by atomic mass is 9.95. The van der Waals surface area contributed by atoms with Crippen molar-refractivity contribution in [2.45, 2.75) is 41.3 Å². The normalized spacial score (nSPS) is 26.3. The fraction of sp³-hybridized carbons (Fsp3) is 0.636. The van der Waals surface area contributed by atoms with E-state index < -0.39 is 10.0 Å². The number of rotatable bonds is 3. The molecule has 0 aliphatic heterocycles. The van der Waals surface area contributed by atoms with Gasteiger partial charge >= 0.3 is 0 Å². The van der Waals surface area contributed by atoms with Gasteiger partial charge in [0.25, 0.3) is 10.0 Å². The minimum absolute atomic E-state index is 0.0662. The second-order valence-corrected chi connectivity index (χ2v) is 8.05. The Morgan fingerprint density at radius 2 is 2.12 bits per heavy atom. The highest BCUT2D eigenvalue weighted by Gasteiger charge is 2.34. The third-order valence-electron chi connectivity index (χ3n) is 3.24. The summed E-state index contributed by atoms with van der Waals surface area (Å²) in [7, 11) is -1.72. The first kappa shape index (κ1) is 13.3. The minimum atomic E-state index is -3.36. The Balaban J connectivity index is 2.22. The number of sulfonamides is 1. The van der Waals surface area contributed by atoms with Crippen molar-refractivity contribution in [2.75, 3.05) is 7.05 Å². The summed E-state index contributed by atoms with van der Waals surface area (Å²) in [6.07, 6.45) is 3.90. The number of hydrogen-bond acceptors (Lipinski definition) is 3. The molecule has 0 N–H and O–H groups in total. The summed E-state index contributed by atoms with van der Waals surface area (Å²) < 4.78 is 26.5. The van der Waals surface area contributed by atoms with Crippen molar-refractivity contribution in [3.05, 3.63) is 17.5 Å². The number of halogens is 1. The molecule has 1 fully saturated rings. The van der Waals surface area contributed by atoms with Crippen LogP contribution in [0, 0.1) is 0 Å². The maximum absolute atomic E-state index is 12.3. The Morgan fingerprint density at radius 3 is 2.71 bits per heavy atom. The smallest absolute Gasteiger partial charge is 0.206 e. The number of hydrogen-bond donors (Lipinski definition) is 0. The maximum atomic E-state index is 12.3. The molecular formula is C11H16ClNO2S2. The van der Waals surface area contributed by atoms with Crippen molar-refractivity contribution in [3.8, 4) is 0 Å². The summed E-state index contributed by atoms with van der Waals surface area (Å²) in [5.74, 6) is 0. The molecule has 0 amide bonds. The molecule has 96 valence electrons. The van der Waals surface area contributed by atoms with Crippen LogP contribution in [0.15, 0.2) is 21.7 Å². The molecule has 0 radical (unpaired) electrons.